The molecule has 0 amide bonds. The van der Waals surface area contributed by atoms with Crippen LogP contribution < -0.4 is 15.1 Å². The summed E-state index contributed by atoms with van der Waals surface area (Å²) >= 11 is 0. The summed E-state index contributed by atoms with van der Waals surface area (Å²) in [5, 5.41) is 2.01. The maximum atomic E-state index is 12.5. The quantitative estimate of drug-likeness (QED) is 0.290. The monoisotopic (exact) mass is 374 g/mol. The molecule has 1 heterocycles. The molecule has 0 fully saturated rings. The molecule has 28 heavy (non-hydrogen) atoms. The van der Waals surface area contributed by atoms with Gasteiger partial charge < -0.3 is 13.9 Å². The van der Waals surface area contributed by atoms with Crippen molar-refractivity contribution in [2.24, 2.45) is 0 Å². The van der Waals surface area contributed by atoms with Crippen LogP contribution in [0.15, 0.2) is 75.9 Å². The molecule has 140 valence electrons. The van der Waals surface area contributed by atoms with E-state index in [1.807, 2.05) is 30.3 Å². The Morgan fingerprint density at radius 2 is 1.61 bits per heavy atom. The van der Waals surface area contributed by atoms with Gasteiger partial charge >= 0.3 is 5.63 Å². The van der Waals surface area contributed by atoms with E-state index in [1.165, 1.54) is 0 Å². The van der Waals surface area contributed by atoms with Crippen LogP contribution in [0.1, 0.15) is 17.3 Å². The highest BCUT2D eigenvalue weighted by Crippen LogP contribution is 2.29. The van der Waals surface area contributed by atoms with Gasteiger partial charge in [0.05, 0.1) is 12.5 Å². The Hall–Kier alpha value is -3.60. The molecule has 0 unspecified atom stereocenters. The molecule has 0 aliphatic heterocycles. The zero-order chi connectivity index (χ0) is 19.7. The van der Waals surface area contributed by atoms with Crippen LogP contribution in [0, 0.1) is 0 Å². The minimum atomic E-state index is -0.670. The topological polar surface area (TPSA) is 65.7 Å². The van der Waals surface area contributed by atoms with Gasteiger partial charge in [-0.1, -0.05) is 30.3 Å². The molecule has 5 heteroatoms. The first kappa shape index (κ1) is 17.8. The van der Waals surface area contributed by atoms with Crippen LogP contribution >= 0.6 is 0 Å². The number of carbonyl (C=O) groups is 1. The normalized spacial score (nSPS) is 12.1. The number of ketones is 1. The van der Waals surface area contributed by atoms with E-state index < -0.39 is 11.7 Å². The van der Waals surface area contributed by atoms with Crippen molar-refractivity contribution in [3.63, 3.8) is 0 Å². The number of methoxy groups -OCH3 is 1. The van der Waals surface area contributed by atoms with Gasteiger partial charge in [0, 0.05) is 22.4 Å². The molecule has 0 saturated heterocycles. The van der Waals surface area contributed by atoms with E-state index in [-0.39, 0.29) is 5.78 Å². The molecule has 1 atom stereocenters. The molecular formula is C23H18O5. The molecule has 0 spiro atoms. The van der Waals surface area contributed by atoms with E-state index in [9.17, 15) is 9.59 Å². The second-order valence-corrected chi connectivity index (χ2v) is 6.45. The van der Waals surface area contributed by atoms with Crippen LogP contribution in [-0.4, -0.2) is 19.0 Å². The van der Waals surface area contributed by atoms with E-state index >= 15 is 0 Å². The number of ether oxygens (including phenoxy) is 2. The van der Waals surface area contributed by atoms with Gasteiger partial charge in [-0.05, 0) is 37.3 Å². The fourth-order valence-corrected chi connectivity index (χ4v) is 3.19. The number of Topliss-reactive ketones (excluding diaryl/α,β-unsaturated/α-hetero) is 1. The number of hydrogen-bond acceptors (Lipinski definition) is 5. The van der Waals surface area contributed by atoms with Crippen molar-refractivity contribution in [1.82, 2.24) is 0 Å². The first-order chi connectivity index (χ1) is 13.6. The van der Waals surface area contributed by atoms with E-state index in [0.717, 1.165) is 10.8 Å². The van der Waals surface area contributed by atoms with E-state index in [1.54, 1.807) is 50.4 Å². The predicted molar refractivity (Wildman–Crippen MR) is 107 cm³/mol. The van der Waals surface area contributed by atoms with E-state index in [2.05, 4.69) is 0 Å². The number of rotatable bonds is 5. The fraction of sp³-hybridized carbons (Fsp3) is 0.130. The lowest BCUT2D eigenvalue weighted by atomic mass is 10.1. The van der Waals surface area contributed by atoms with Crippen LogP contribution in [0.25, 0.3) is 21.7 Å². The summed E-state index contributed by atoms with van der Waals surface area (Å²) in [7, 11) is 1.55. The molecule has 4 aromatic rings. The minimum Gasteiger partial charge on any atom is -0.497 e. The zero-order valence-electron chi connectivity index (χ0n) is 15.5. The third-order valence-electron chi connectivity index (χ3n) is 4.63. The summed E-state index contributed by atoms with van der Waals surface area (Å²) in [5.74, 6) is 0.931. The molecule has 0 saturated carbocycles. The summed E-state index contributed by atoms with van der Waals surface area (Å²) in [6, 6.07) is 19.5. The number of carbonyl (C=O) groups excluding carboxylic acids is 1. The lowest BCUT2D eigenvalue weighted by Gasteiger charge is -2.14. The smallest absolute Gasteiger partial charge is 0.344 e. The second-order valence-electron chi connectivity index (χ2n) is 6.45. The summed E-state index contributed by atoms with van der Waals surface area (Å²) in [6.07, 6.45) is -0.670. The number of hydrogen-bond donors (Lipinski definition) is 0. The van der Waals surface area contributed by atoms with Gasteiger partial charge in [-0.25, -0.2) is 4.79 Å². The van der Waals surface area contributed by atoms with Crippen LogP contribution in [0.4, 0.5) is 0 Å². The van der Waals surface area contributed by atoms with Crippen molar-refractivity contribution in [2.45, 2.75) is 13.0 Å². The Morgan fingerprint density at radius 3 is 2.36 bits per heavy atom. The summed E-state index contributed by atoms with van der Waals surface area (Å²) in [6.45, 7) is 1.70. The molecular weight excluding hydrogens is 356 g/mol. The number of fused-ring (bicyclic) bond motifs is 3. The predicted octanol–water partition coefficient (Wildman–Crippen LogP) is 4.61. The highest BCUT2D eigenvalue weighted by Gasteiger charge is 2.17. The average molecular weight is 374 g/mol. The van der Waals surface area contributed by atoms with Crippen LogP contribution in [0.3, 0.4) is 0 Å². The van der Waals surface area contributed by atoms with Crippen molar-refractivity contribution in [1.29, 1.82) is 0 Å². The first-order valence-corrected chi connectivity index (χ1v) is 8.87. The van der Waals surface area contributed by atoms with Gasteiger partial charge in [0.15, 0.2) is 6.10 Å². The highest BCUT2D eigenvalue weighted by atomic mass is 16.5. The maximum absolute atomic E-state index is 12.5. The van der Waals surface area contributed by atoms with Gasteiger partial charge in [0.2, 0.25) is 5.78 Å². The summed E-state index contributed by atoms with van der Waals surface area (Å²) in [5.41, 5.74) is 0.536. The molecule has 4 rings (SSSR count). The molecule has 0 bridgehead atoms. The third-order valence-corrected chi connectivity index (χ3v) is 4.63. The van der Waals surface area contributed by atoms with Crippen molar-refractivity contribution < 1.29 is 18.7 Å². The van der Waals surface area contributed by atoms with Crippen molar-refractivity contribution in [2.75, 3.05) is 7.11 Å². The Morgan fingerprint density at radius 1 is 0.893 bits per heavy atom. The summed E-state index contributed by atoms with van der Waals surface area (Å²) in [4.78, 5) is 24.9. The van der Waals surface area contributed by atoms with Crippen LogP contribution in [0.5, 0.6) is 11.5 Å². The molecule has 0 aliphatic carbocycles. The zero-order valence-corrected chi connectivity index (χ0v) is 15.5. The van der Waals surface area contributed by atoms with Gasteiger partial charge in [0.25, 0.3) is 0 Å². The van der Waals surface area contributed by atoms with Gasteiger partial charge in [-0.2, -0.15) is 0 Å². The Bertz CT molecular complexity index is 1220. The van der Waals surface area contributed by atoms with Crippen molar-refractivity contribution in [3.8, 4) is 11.5 Å². The van der Waals surface area contributed by atoms with E-state index in [4.69, 9.17) is 13.9 Å². The SMILES string of the molecule is COc1ccc2c(c1)c(=O)oc1cc(O[C@@H](C)C(=O)c3ccccc3)ccc12. The maximum Gasteiger partial charge on any atom is 0.344 e. The molecule has 5 nitrogen and oxygen atoms in total. The van der Waals surface area contributed by atoms with Gasteiger partial charge in [-0.15, -0.1) is 0 Å². The van der Waals surface area contributed by atoms with Crippen LogP contribution in [0.2, 0.25) is 0 Å². The lowest BCUT2D eigenvalue weighted by molar-refractivity contribution is 0.0818. The van der Waals surface area contributed by atoms with E-state index in [0.29, 0.717) is 28.0 Å². The summed E-state index contributed by atoms with van der Waals surface area (Å²) < 4.78 is 16.4. The molecule has 0 N–H and O–H groups in total. The molecule has 0 radical (unpaired) electrons. The Balaban J connectivity index is 1.69. The number of benzene rings is 3. The fourth-order valence-electron chi connectivity index (χ4n) is 3.19. The highest BCUT2D eigenvalue weighted by molar-refractivity contribution is 6.05. The lowest BCUT2D eigenvalue weighted by Crippen LogP contribution is -2.23. The van der Waals surface area contributed by atoms with Crippen molar-refractivity contribution in [3.05, 3.63) is 82.7 Å². The first-order valence-electron chi connectivity index (χ1n) is 8.87. The largest absolute Gasteiger partial charge is 0.497 e. The van der Waals surface area contributed by atoms with Crippen molar-refractivity contribution >= 4 is 27.5 Å². The van der Waals surface area contributed by atoms with Gasteiger partial charge in [0.1, 0.15) is 17.1 Å². The Labute approximate surface area is 161 Å². The minimum absolute atomic E-state index is 0.118. The average Bonchev–Trinajstić information content (AvgIpc) is 2.73. The molecule has 3 aromatic carbocycles. The molecule has 0 aliphatic rings. The van der Waals surface area contributed by atoms with Gasteiger partial charge in [-0.3, -0.25) is 4.79 Å². The third kappa shape index (κ3) is 3.22. The second kappa shape index (κ2) is 7.19. The standard InChI is InChI=1S/C23H18O5/c1-14(22(24)15-6-4-3-5-7-15)27-17-9-11-19-18-10-8-16(26-2)12-20(18)23(25)28-21(19)13-17/h3-14H,1-2H3/t14-/m0/s1. The molecule has 1 aromatic heterocycles. The van der Waals surface area contributed by atoms with Crippen LogP contribution in [-0.2, 0) is 0 Å². The Kier molecular flexibility index (Phi) is 4.57.